The molecular weight excluding hydrogens is 414 g/mol. The van der Waals surface area contributed by atoms with Crippen LogP contribution in [0.2, 0.25) is 0 Å². The third-order valence-electron chi connectivity index (χ3n) is 4.87. The zero-order valence-corrected chi connectivity index (χ0v) is 18.4. The molecule has 2 N–H and O–H groups in total. The van der Waals surface area contributed by atoms with Gasteiger partial charge < -0.3 is 19.9 Å². The third-order valence-corrected chi connectivity index (χ3v) is 6.07. The van der Waals surface area contributed by atoms with E-state index < -0.39 is 0 Å². The molecular formula is C22H23N5O3S. The number of methoxy groups -OCH3 is 1. The molecule has 0 aliphatic carbocycles. The molecule has 160 valence electrons. The van der Waals surface area contributed by atoms with Crippen LogP contribution in [0.25, 0.3) is 10.2 Å². The molecule has 0 radical (unpaired) electrons. The summed E-state index contributed by atoms with van der Waals surface area (Å²) < 4.78 is 10.4. The van der Waals surface area contributed by atoms with Crippen LogP contribution in [0, 0.1) is 13.8 Å². The van der Waals surface area contributed by atoms with Crippen molar-refractivity contribution in [3.05, 3.63) is 64.1 Å². The molecule has 0 saturated carbocycles. The highest BCUT2D eigenvalue weighted by Crippen LogP contribution is 2.33. The van der Waals surface area contributed by atoms with Gasteiger partial charge >= 0.3 is 0 Å². The number of aryl methyl sites for hydroxylation is 2. The number of benzene rings is 1. The minimum Gasteiger partial charge on any atom is -0.497 e. The summed E-state index contributed by atoms with van der Waals surface area (Å²) in [6.07, 6.45) is 2.33. The molecule has 1 aromatic carbocycles. The molecule has 3 aromatic heterocycles. The number of hydrogen-bond donors (Lipinski definition) is 2. The molecule has 1 amide bonds. The predicted molar refractivity (Wildman–Crippen MR) is 120 cm³/mol. The summed E-state index contributed by atoms with van der Waals surface area (Å²) in [4.78, 5) is 22.9. The molecule has 0 atom stereocenters. The van der Waals surface area contributed by atoms with Crippen molar-refractivity contribution in [3.8, 4) is 5.75 Å². The summed E-state index contributed by atoms with van der Waals surface area (Å²) in [6.45, 7) is 4.74. The van der Waals surface area contributed by atoms with Crippen molar-refractivity contribution in [2.75, 3.05) is 19.0 Å². The Hall–Kier alpha value is -3.46. The average Bonchev–Trinajstić information content (AvgIpc) is 3.35. The SMILES string of the molecule is COc1cccc(CCNc2ncnc3sc(C(=O)NCc4cc(C)no4)c(C)c23)c1. The fourth-order valence-corrected chi connectivity index (χ4v) is 4.39. The van der Waals surface area contributed by atoms with Crippen LogP contribution < -0.4 is 15.4 Å². The second-order valence-electron chi connectivity index (χ2n) is 7.10. The number of aromatic nitrogens is 3. The largest absolute Gasteiger partial charge is 0.497 e. The Morgan fingerprint density at radius 1 is 1.23 bits per heavy atom. The minimum absolute atomic E-state index is 0.170. The van der Waals surface area contributed by atoms with Gasteiger partial charge in [0.05, 0.1) is 29.6 Å². The first-order valence-corrected chi connectivity index (χ1v) is 10.7. The van der Waals surface area contributed by atoms with Gasteiger partial charge in [0.2, 0.25) is 0 Å². The molecule has 9 heteroatoms. The molecule has 0 saturated heterocycles. The highest BCUT2D eigenvalue weighted by molar-refractivity contribution is 7.20. The van der Waals surface area contributed by atoms with Gasteiger partial charge in [-0.2, -0.15) is 0 Å². The minimum atomic E-state index is -0.170. The number of nitrogens with zero attached hydrogens (tertiary/aromatic N) is 3. The maximum Gasteiger partial charge on any atom is 0.262 e. The van der Waals surface area contributed by atoms with E-state index in [1.807, 2.05) is 32.0 Å². The van der Waals surface area contributed by atoms with Crippen LogP contribution in [0.4, 0.5) is 5.82 Å². The molecule has 4 rings (SSSR count). The van der Waals surface area contributed by atoms with Crippen LogP contribution in [-0.2, 0) is 13.0 Å². The summed E-state index contributed by atoms with van der Waals surface area (Å²) in [6, 6.07) is 9.79. The van der Waals surface area contributed by atoms with E-state index in [1.54, 1.807) is 13.2 Å². The molecule has 8 nitrogen and oxygen atoms in total. The van der Waals surface area contributed by atoms with Gasteiger partial charge in [0, 0.05) is 12.6 Å². The number of amides is 1. The number of hydrogen-bond acceptors (Lipinski definition) is 8. The lowest BCUT2D eigenvalue weighted by molar-refractivity contribution is 0.0950. The van der Waals surface area contributed by atoms with E-state index in [4.69, 9.17) is 9.26 Å². The van der Waals surface area contributed by atoms with Crippen LogP contribution >= 0.6 is 11.3 Å². The Morgan fingerprint density at radius 2 is 2.10 bits per heavy atom. The van der Waals surface area contributed by atoms with E-state index in [0.29, 0.717) is 17.2 Å². The molecule has 0 aliphatic rings. The molecule has 0 aliphatic heterocycles. The maximum atomic E-state index is 12.7. The normalized spacial score (nSPS) is 10.9. The van der Waals surface area contributed by atoms with Crippen molar-refractivity contribution >= 4 is 33.3 Å². The number of anilines is 1. The quantitative estimate of drug-likeness (QED) is 0.431. The van der Waals surface area contributed by atoms with Crippen molar-refractivity contribution in [3.63, 3.8) is 0 Å². The summed E-state index contributed by atoms with van der Waals surface area (Å²) >= 11 is 1.36. The van der Waals surface area contributed by atoms with E-state index in [1.165, 1.54) is 23.2 Å². The van der Waals surface area contributed by atoms with Gasteiger partial charge in [-0.1, -0.05) is 17.3 Å². The highest BCUT2D eigenvalue weighted by atomic mass is 32.1. The van der Waals surface area contributed by atoms with Gasteiger partial charge in [-0.25, -0.2) is 9.97 Å². The number of carbonyl (C=O) groups excluding carboxylic acids is 1. The Morgan fingerprint density at radius 3 is 2.87 bits per heavy atom. The van der Waals surface area contributed by atoms with Gasteiger partial charge in [0.25, 0.3) is 5.91 Å². The smallest absolute Gasteiger partial charge is 0.262 e. The Balaban J connectivity index is 1.47. The molecule has 4 aromatic rings. The highest BCUT2D eigenvalue weighted by Gasteiger charge is 2.19. The molecule has 0 unspecified atom stereocenters. The number of carbonyl (C=O) groups is 1. The third kappa shape index (κ3) is 4.66. The van der Waals surface area contributed by atoms with Crippen molar-refractivity contribution in [1.29, 1.82) is 0 Å². The zero-order chi connectivity index (χ0) is 21.8. The number of rotatable bonds is 8. The lowest BCUT2D eigenvalue weighted by atomic mass is 10.1. The Bertz CT molecular complexity index is 1220. The van der Waals surface area contributed by atoms with Crippen LogP contribution in [-0.4, -0.2) is 34.7 Å². The van der Waals surface area contributed by atoms with Gasteiger partial charge in [0.1, 0.15) is 22.7 Å². The first-order valence-electron chi connectivity index (χ1n) is 9.86. The lowest BCUT2D eigenvalue weighted by Crippen LogP contribution is -2.22. The van der Waals surface area contributed by atoms with Gasteiger partial charge in [0.15, 0.2) is 5.76 Å². The number of thiophene rings is 1. The van der Waals surface area contributed by atoms with Crippen molar-refractivity contribution in [2.45, 2.75) is 26.8 Å². The Labute approximate surface area is 183 Å². The topological polar surface area (TPSA) is 102 Å². The van der Waals surface area contributed by atoms with Gasteiger partial charge in [-0.05, 0) is 43.5 Å². The molecule has 0 bridgehead atoms. The van der Waals surface area contributed by atoms with Crippen molar-refractivity contribution < 1.29 is 14.1 Å². The van der Waals surface area contributed by atoms with E-state index in [0.717, 1.165) is 39.5 Å². The summed E-state index contributed by atoms with van der Waals surface area (Å²) in [5, 5.41) is 11.0. The van der Waals surface area contributed by atoms with E-state index in [-0.39, 0.29) is 12.5 Å². The predicted octanol–water partition coefficient (Wildman–Crippen LogP) is 3.89. The molecule has 31 heavy (non-hydrogen) atoms. The van der Waals surface area contributed by atoms with Crippen LogP contribution in [0.5, 0.6) is 5.75 Å². The van der Waals surface area contributed by atoms with Crippen LogP contribution in [0.15, 0.2) is 41.2 Å². The summed E-state index contributed by atoms with van der Waals surface area (Å²) in [5.41, 5.74) is 2.81. The maximum absolute atomic E-state index is 12.7. The van der Waals surface area contributed by atoms with Crippen molar-refractivity contribution in [2.24, 2.45) is 0 Å². The molecule has 0 fully saturated rings. The standard InChI is InChI=1S/C22H23N5O3S/c1-13-9-17(30-27-13)11-24-21(28)19-14(2)18-20(25-12-26-22(18)31-19)23-8-7-15-5-4-6-16(10-15)29-3/h4-6,9-10,12H,7-8,11H2,1-3H3,(H,24,28)(H,23,25,26). The van der Waals surface area contributed by atoms with E-state index in [2.05, 4.69) is 31.8 Å². The number of fused-ring (bicyclic) bond motifs is 1. The number of ether oxygens (including phenoxy) is 1. The first-order chi connectivity index (χ1) is 15.0. The summed E-state index contributed by atoms with van der Waals surface area (Å²) in [7, 11) is 1.66. The monoisotopic (exact) mass is 437 g/mol. The fraction of sp³-hybridized carbons (Fsp3) is 0.273. The van der Waals surface area contributed by atoms with Crippen molar-refractivity contribution in [1.82, 2.24) is 20.4 Å². The Kier molecular flexibility index (Phi) is 6.13. The summed E-state index contributed by atoms with van der Waals surface area (Å²) in [5.74, 6) is 2.01. The molecule has 0 spiro atoms. The van der Waals surface area contributed by atoms with E-state index in [9.17, 15) is 4.79 Å². The van der Waals surface area contributed by atoms with Gasteiger partial charge in [-0.3, -0.25) is 4.79 Å². The fourth-order valence-electron chi connectivity index (χ4n) is 3.32. The lowest BCUT2D eigenvalue weighted by Gasteiger charge is -2.08. The average molecular weight is 438 g/mol. The zero-order valence-electron chi connectivity index (χ0n) is 17.6. The van der Waals surface area contributed by atoms with Gasteiger partial charge in [-0.15, -0.1) is 11.3 Å². The van der Waals surface area contributed by atoms with E-state index >= 15 is 0 Å². The van der Waals surface area contributed by atoms with Crippen LogP contribution in [0.3, 0.4) is 0 Å². The van der Waals surface area contributed by atoms with Crippen LogP contribution in [0.1, 0.15) is 32.3 Å². The molecule has 3 heterocycles. The second kappa shape index (κ2) is 9.13. The second-order valence-corrected chi connectivity index (χ2v) is 8.10. The number of nitrogens with one attached hydrogen (secondary N) is 2. The first kappa shape index (κ1) is 20.8.